The van der Waals surface area contributed by atoms with E-state index >= 15 is 0 Å². The average Bonchev–Trinajstić information content (AvgIpc) is 3.27. The maximum Gasteiger partial charge on any atom is 0.330 e. The van der Waals surface area contributed by atoms with Crippen molar-refractivity contribution in [3.05, 3.63) is 78.4 Å². The number of nitrogens with zero attached hydrogens (tertiary/aromatic N) is 4. The number of anilines is 1. The Labute approximate surface area is 198 Å². The van der Waals surface area contributed by atoms with Gasteiger partial charge in [0.15, 0.2) is 0 Å². The van der Waals surface area contributed by atoms with Crippen molar-refractivity contribution >= 4 is 22.6 Å². The lowest BCUT2D eigenvalue weighted by atomic mass is 10.2. The Hall–Kier alpha value is -3.75. The van der Waals surface area contributed by atoms with Crippen LogP contribution in [0.5, 0.6) is 11.6 Å². The Morgan fingerprint density at radius 3 is 2.85 bits per heavy atom. The topological polar surface area (TPSA) is 81.5 Å². The highest BCUT2D eigenvalue weighted by Crippen LogP contribution is 2.26. The van der Waals surface area contributed by atoms with Gasteiger partial charge in [-0.05, 0) is 48.9 Å². The summed E-state index contributed by atoms with van der Waals surface area (Å²) in [6.45, 7) is 6.34. The van der Waals surface area contributed by atoms with Crippen LogP contribution in [0.1, 0.15) is 11.4 Å². The van der Waals surface area contributed by atoms with Crippen LogP contribution in [0, 0.1) is 6.92 Å². The summed E-state index contributed by atoms with van der Waals surface area (Å²) in [5.41, 5.74) is 2.65. The molecule has 0 unspecified atom stereocenters. The van der Waals surface area contributed by atoms with Gasteiger partial charge in [-0.2, -0.15) is 4.98 Å². The fraction of sp³-hybridized carbons (Fsp3) is 0.269. The van der Waals surface area contributed by atoms with Crippen molar-refractivity contribution in [2.45, 2.75) is 13.3 Å². The molecule has 1 amide bonds. The number of morpholine rings is 1. The lowest BCUT2D eigenvalue weighted by Gasteiger charge is -2.26. The Balaban J connectivity index is 1.26. The maximum atomic E-state index is 12.8. The van der Waals surface area contributed by atoms with E-state index < -0.39 is 0 Å². The second kappa shape index (κ2) is 10.0. The van der Waals surface area contributed by atoms with Gasteiger partial charge in [-0.1, -0.05) is 12.1 Å². The normalized spacial score (nSPS) is 14.3. The number of amides is 1. The van der Waals surface area contributed by atoms with E-state index in [0.29, 0.717) is 11.6 Å². The number of hydrogen-bond acceptors (Lipinski definition) is 6. The quantitative estimate of drug-likeness (QED) is 0.460. The molecule has 8 heteroatoms. The third kappa shape index (κ3) is 5.24. The van der Waals surface area contributed by atoms with E-state index in [1.54, 1.807) is 23.0 Å². The monoisotopic (exact) mass is 457 g/mol. The van der Waals surface area contributed by atoms with Crippen LogP contribution in [-0.2, 0) is 11.2 Å². The highest BCUT2D eigenvalue weighted by atomic mass is 16.5. The maximum absolute atomic E-state index is 12.8. The zero-order valence-electron chi connectivity index (χ0n) is 19.1. The number of carbonyl (C=O) groups excluding carboxylic acids is 1. The Morgan fingerprint density at radius 2 is 2.00 bits per heavy atom. The van der Waals surface area contributed by atoms with E-state index in [4.69, 9.17) is 9.47 Å². The van der Waals surface area contributed by atoms with Crippen LogP contribution in [0.3, 0.4) is 0 Å². The van der Waals surface area contributed by atoms with Gasteiger partial charge in [0.2, 0.25) is 5.88 Å². The number of benzene rings is 2. The van der Waals surface area contributed by atoms with Gasteiger partial charge >= 0.3 is 6.03 Å². The molecule has 0 saturated carbocycles. The van der Waals surface area contributed by atoms with Crippen molar-refractivity contribution < 1.29 is 14.3 Å². The summed E-state index contributed by atoms with van der Waals surface area (Å²) >= 11 is 0. The number of hydrogen-bond donors (Lipinski definition) is 1. The molecular weight excluding hydrogens is 430 g/mol. The van der Waals surface area contributed by atoms with Crippen molar-refractivity contribution in [2.75, 3.05) is 38.2 Å². The number of rotatable bonds is 6. The van der Waals surface area contributed by atoms with Gasteiger partial charge in [0.1, 0.15) is 11.6 Å². The average molecular weight is 458 g/mol. The highest BCUT2D eigenvalue weighted by molar-refractivity contribution is 5.98. The fourth-order valence-corrected chi connectivity index (χ4v) is 4.03. The van der Waals surface area contributed by atoms with Crippen LogP contribution in [-0.4, -0.2) is 58.3 Å². The van der Waals surface area contributed by atoms with Gasteiger partial charge in [0.25, 0.3) is 0 Å². The van der Waals surface area contributed by atoms with E-state index in [9.17, 15) is 4.79 Å². The number of aryl methyl sites for hydroxylation is 1. The Morgan fingerprint density at radius 1 is 1.12 bits per heavy atom. The van der Waals surface area contributed by atoms with Gasteiger partial charge in [0.05, 0.1) is 18.7 Å². The molecule has 34 heavy (non-hydrogen) atoms. The third-order valence-corrected chi connectivity index (χ3v) is 5.81. The van der Waals surface area contributed by atoms with Gasteiger partial charge in [0, 0.05) is 55.6 Å². The van der Waals surface area contributed by atoms with E-state index in [0.717, 1.165) is 67.2 Å². The summed E-state index contributed by atoms with van der Waals surface area (Å²) < 4.78 is 13.0. The molecule has 0 radical (unpaired) electrons. The molecule has 1 aliphatic heterocycles. The smallest absolute Gasteiger partial charge is 0.330 e. The molecule has 1 N–H and O–H groups in total. The number of fused-ring (bicyclic) bond motifs is 1. The SMILES string of the molecule is Cc1cccc(NC(=O)n2ccc3cc(Oc4ccnc(CCN5CCOCC5)n4)ccc32)c1. The molecule has 2 aromatic carbocycles. The van der Waals surface area contributed by atoms with Gasteiger partial charge in [-0.25, -0.2) is 9.78 Å². The largest absolute Gasteiger partial charge is 0.439 e. The molecule has 3 heterocycles. The van der Waals surface area contributed by atoms with Crippen molar-refractivity contribution in [3.63, 3.8) is 0 Å². The summed E-state index contributed by atoms with van der Waals surface area (Å²) in [6, 6.07) is 16.8. The summed E-state index contributed by atoms with van der Waals surface area (Å²) in [5.74, 6) is 1.91. The molecule has 174 valence electrons. The lowest BCUT2D eigenvalue weighted by molar-refractivity contribution is 0.0382. The van der Waals surface area contributed by atoms with E-state index in [-0.39, 0.29) is 6.03 Å². The van der Waals surface area contributed by atoms with Gasteiger partial charge in [-0.15, -0.1) is 0 Å². The molecule has 4 aromatic rings. The first-order chi connectivity index (χ1) is 16.6. The molecule has 1 fully saturated rings. The first-order valence-corrected chi connectivity index (χ1v) is 11.4. The summed E-state index contributed by atoms with van der Waals surface area (Å²) in [5, 5.41) is 3.84. The second-order valence-electron chi connectivity index (χ2n) is 8.32. The summed E-state index contributed by atoms with van der Waals surface area (Å²) in [4.78, 5) is 24.1. The van der Waals surface area contributed by atoms with Crippen LogP contribution in [0.4, 0.5) is 10.5 Å². The van der Waals surface area contributed by atoms with E-state index in [1.165, 1.54) is 0 Å². The minimum atomic E-state index is -0.213. The summed E-state index contributed by atoms with van der Waals surface area (Å²) in [6.07, 6.45) is 4.24. The highest BCUT2D eigenvalue weighted by Gasteiger charge is 2.13. The zero-order valence-corrected chi connectivity index (χ0v) is 19.1. The molecule has 8 nitrogen and oxygen atoms in total. The van der Waals surface area contributed by atoms with Crippen LogP contribution in [0.15, 0.2) is 67.0 Å². The van der Waals surface area contributed by atoms with Crippen LogP contribution in [0.25, 0.3) is 10.9 Å². The van der Waals surface area contributed by atoms with Gasteiger partial charge < -0.3 is 14.8 Å². The van der Waals surface area contributed by atoms with Gasteiger partial charge in [-0.3, -0.25) is 9.47 Å². The molecule has 0 aliphatic carbocycles. The number of carbonyl (C=O) groups is 1. The van der Waals surface area contributed by atoms with E-state index in [2.05, 4.69) is 20.2 Å². The molecular formula is C26H27N5O3. The molecule has 2 aromatic heterocycles. The minimum absolute atomic E-state index is 0.213. The Kier molecular flexibility index (Phi) is 6.51. The fourth-order valence-electron chi connectivity index (χ4n) is 4.03. The number of aromatic nitrogens is 3. The van der Waals surface area contributed by atoms with Crippen LogP contribution in [0.2, 0.25) is 0 Å². The predicted molar refractivity (Wildman–Crippen MR) is 131 cm³/mol. The first-order valence-electron chi connectivity index (χ1n) is 11.4. The molecule has 1 aliphatic rings. The molecule has 0 bridgehead atoms. The van der Waals surface area contributed by atoms with Crippen molar-refractivity contribution in [1.82, 2.24) is 19.4 Å². The zero-order chi connectivity index (χ0) is 23.3. The van der Waals surface area contributed by atoms with Crippen LogP contribution < -0.4 is 10.1 Å². The molecule has 0 atom stereocenters. The second-order valence-corrected chi connectivity index (χ2v) is 8.32. The number of ether oxygens (including phenoxy) is 2. The van der Waals surface area contributed by atoms with Crippen molar-refractivity contribution in [2.24, 2.45) is 0 Å². The Bertz CT molecular complexity index is 1300. The predicted octanol–water partition coefficient (Wildman–Crippen LogP) is 4.49. The molecule has 0 spiro atoms. The van der Waals surface area contributed by atoms with E-state index in [1.807, 2.05) is 55.5 Å². The van der Waals surface area contributed by atoms with Crippen molar-refractivity contribution in [1.29, 1.82) is 0 Å². The van der Waals surface area contributed by atoms with Crippen LogP contribution >= 0.6 is 0 Å². The molecule has 5 rings (SSSR count). The molecule has 1 saturated heterocycles. The number of nitrogens with one attached hydrogen (secondary N) is 1. The standard InChI is InChI=1S/C26H27N5O3/c1-19-3-2-4-21(17-19)28-26(32)31-12-8-20-18-22(5-6-23(20)31)34-25-7-10-27-24(29-25)9-11-30-13-15-33-16-14-30/h2-8,10,12,17-18H,9,11,13-16H2,1H3,(H,28,32). The first kappa shape index (κ1) is 22.1. The minimum Gasteiger partial charge on any atom is -0.439 e. The van der Waals surface area contributed by atoms with Crippen molar-refractivity contribution in [3.8, 4) is 11.6 Å². The third-order valence-electron chi connectivity index (χ3n) is 5.81. The lowest BCUT2D eigenvalue weighted by Crippen LogP contribution is -2.37. The summed E-state index contributed by atoms with van der Waals surface area (Å²) in [7, 11) is 0.